The average Bonchev–Trinajstić information content (AvgIpc) is 3.30. The number of benzene rings is 4. The summed E-state index contributed by atoms with van der Waals surface area (Å²) in [5.41, 5.74) is 10.9. The Kier molecular flexibility index (Phi) is 16.3. The maximum absolute atomic E-state index is 13.8. The zero-order chi connectivity index (χ0) is 44.7. The molecule has 0 radical (unpaired) electrons. The molecule has 2 saturated heterocycles. The first-order chi connectivity index (χ1) is 30.6. The van der Waals surface area contributed by atoms with Crippen LogP contribution in [0.4, 0.5) is 0 Å². The van der Waals surface area contributed by atoms with Crippen molar-refractivity contribution in [2.24, 2.45) is 5.11 Å². The molecule has 18 nitrogen and oxygen atoms in total. The number of nitrogens with zero attached hydrogens (tertiary/aromatic N) is 3. The summed E-state index contributed by atoms with van der Waals surface area (Å²) in [7, 11) is 1.26. The van der Waals surface area contributed by atoms with E-state index in [2.05, 4.69) is 10.0 Å². The molecule has 2 aliphatic rings. The molecule has 330 valence electrons. The lowest BCUT2D eigenvalue weighted by molar-refractivity contribution is -0.315. The summed E-state index contributed by atoms with van der Waals surface area (Å²) in [6.07, 6.45) is -12.8. The number of ether oxygens (including phenoxy) is 10. The normalized spacial score (nSPS) is 25.3. The average molecular weight is 868 g/mol. The Labute approximate surface area is 361 Å². The van der Waals surface area contributed by atoms with Gasteiger partial charge in [0.2, 0.25) is 0 Å². The summed E-state index contributed by atoms with van der Waals surface area (Å²) < 4.78 is 59.9. The van der Waals surface area contributed by atoms with E-state index in [-0.39, 0.29) is 23.3 Å². The molecule has 2 aliphatic heterocycles. The van der Waals surface area contributed by atoms with Crippen LogP contribution in [0.2, 0.25) is 0 Å². The van der Waals surface area contributed by atoms with Gasteiger partial charge < -0.3 is 47.4 Å². The van der Waals surface area contributed by atoms with E-state index in [0.29, 0.717) is 0 Å². The fraction of sp³-hybridized carbons (Fsp3) is 0.356. The predicted molar refractivity (Wildman–Crippen MR) is 217 cm³/mol. The maximum atomic E-state index is 13.8. The van der Waals surface area contributed by atoms with Gasteiger partial charge in [-0.2, -0.15) is 0 Å². The molecule has 0 saturated carbocycles. The van der Waals surface area contributed by atoms with Crippen molar-refractivity contribution in [1.29, 1.82) is 0 Å². The van der Waals surface area contributed by atoms with Crippen molar-refractivity contribution in [2.75, 3.05) is 20.3 Å². The molecule has 0 aromatic heterocycles. The lowest BCUT2D eigenvalue weighted by Gasteiger charge is -2.46. The number of carbonyl (C=O) groups excluding carboxylic acids is 5. The molecular formula is C45H45N3O15. The molecular weight excluding hydrogens is 823 g/mol. The molecule has 0 unspecified atom stereocenters. The number of hydrogen-bond acceptors (Lipinski definition) is 16. The van der Waals surface area contributed by atoms with Gasteiger partial charge in [0.1, 0.15) is 37.1 Å². The van der Waals surface area contributed by atoms with Crippen molar-refractivity contribution >= 4 is 29.8 Å². The van der Waals surface area contributed by atoms with Gasteiger partial charge in [0, 0.05) is 25.9 Å². The van der Waals surface area contributed by atoms with Crippen LogP contribution >= 0.6 is 0 Å². The topological polar surface area (TPSA) is 226 Å². The Hall–Kier alpha value is -6.66. The van der Waals surface area contributed by atoms with Gasteiger partial charge in [0.05, 0.1) is 29.9 Å². The summed E-state index contributed by atoms with van der Waals surface area (Å²) >= 11 is 0. The Morgan fingerprint density at radius 2 is 1.03 bits per heavy atom. The van der Waals surface area contributed by atoms with Crippen LogP contribution < -0.4 is 0 Å². The lowest BCUT2D eigenvalue weighted by atomic mass is 9.96. The number of hydrogen-bond donors (Lipinski definition) is 0. The van der Waals surface area contributed by atoms with Crippen LogP contribution in [0.3, 0.4) is 0 Å². The van der Waals surface area contributed by atoms with E-state index in [1.807, 2.05) is 6.07 Å². The fourth-order valence-corrected chi connectivity index (χ4v) is 6.93. The van der Waals surface area contributed by atoms with Crippen molar-refractivity contribution in [2.45, 2.75) is 81.8 Å². The van der Waals surface area contributed by atoms with Gasteiger partial charge in [0.25, 0.3) is 0 Å². The van der Waals surface area contributed by atoms with Crippen LogP contribution in [0.25, 0.3) is 10.4 Å². The summed E-state index contributed by atoms with van der Waals surface area (Å²) in [5, 5.41) is 3.89. The highest BCUT2D eigenvalue weighted by molar-refractivity contribution is 5.91. The van der Waals surface area contributed by atoms with Crippen LogP contribution in [-0.4, -0.2) is 112 Å². The zero-order valence-corrected chi connectivity index (χ0v) is 34.4. The van der Waals surface area contributed by atoms with E-state index in [1.165, 1.54) is 50.4 Å². The Morgan fingerprint density at radius 1 is 0.556 bits per heavy atom. The summed E-state index contributed by atoms with van der Waals surface area (Å²) in [6.45, 7) is 1.37. The molecule has 4 aromatic carbocycles. The third-order valence-electron chi connectivity index (χ3n) is 9.84. The van der Waals surface area contributed by atoms with Crippen molar-refractivity contribution in [1.82, 2.24) is 0 Å². The molecule has 2 fully saturated rings. The highest BCUT2D eigenvalue weighted by Crippen LogP contribution is 2.34. The highest BCUT2D eigenvalue weighted by Gasteiger charge is 2.55. The third-order valence-corrected chi connectivity index (χ3v) is 9.84. The second kappa shape index (κ2) is 22.4. The zero-order valence-electron chi connectivity index (χ0n) is 34.4. The number of methoxy groups -OCH3 is 1. The fourth-order valence-electron chi connectivity index (χ4n) is 6.93. The van der Waals surface area contributed by atoms with Crippen LogP contribution in [0.1, 0.15) is 50.5 Å². The van der Waals surface area contributed by atoms with E-state index in [1.54, 1.807) is 78.9 Å². The monoisotopic (exact) mass is 867 g/mol. The van der Waals surface area contributed by atoms with E-state index >= 15 is 0 Å². The molecule has 0 aliphatic carbocycles. The summed E-state index contributed by atoms with van der Waals surface area (Å²) in [6, 6.07) is 31.5. The van der Waals surface area contributed by atoms with E-state index in [4.69, 9.17) is 47.4 Å². The summed E-state index contributed by atoms with van der Waals surface area (Å²) in [5.74, 6) is -3.97. The number of azide groups is 1. The minimum atomic E-state index is -1.60. The highest BCUT2D eigenvalue weighted by atomic mass is 16.7. The van der Waals surface area contributed by atoms with Crippen LogP contribution in [-0.2, 0) is 63.6 Å². The lowest BCUT2D eigenvalue weighted by Crippen LogP contribution is -2.64. The van der Waals surface area contributed by atoms with Gasteiger partial charge in [0.15, 0.2) is 30.9 Å². The minimum absolute atomic E-state index is 0.000397. The van der Waals surface area contributed by atoms with Gasteiger partial charge in [-0.25, -0.2) is 14.4 Å². The third kappa shape index (κ3) is 12.3. The largest absolute Gasteiger partial charge is 0.463 e. The van der Waals surface area contributed by atoms with Crippen molar-refractivity contribution in [3.63, 3.8) is 0 Å². The molecule has 4 aromatic rings. The number of esters is 5. The van der Waals surface area contributed by atoms with Crippen LogP contribution in [0.5, 0.6) is 0 Å². The molecule has 0 spiro atoms. The molecule has 63 heavy (non-hydrogen) atoms. The van der Waals surface area contributed by atoms with Crippen LogP contribution in [0, 0.1) is 0 Å². The van der Waals surface area contributed by atoms with E-state index < -0.39 is 104 Å². The van der Waals surface area contributed by atoms with Gasteiger partial charge in [-0.05, 0) is 47.5 Å². The van der Waals surface area contributed by atoms with Crippen molar-refractivity contribution < 1.29 is 71.3 Å². The number of carbonyl (C=O) groups is 5. The minimum Gasteiger partial charge on any atom is -0.463 e. The van der Waals surface area contributed by atoms with Crippen molar-refractivity contribution in [3.05, 3.63) is 154 Å². The van der Waals surface area contributed by atoms with Gasteiger partial charge in [-0.15, -0.1) is 0 Å². The number of rotatable bonds is 17. The molecule has 10 atom stereocenters. The first-order valence-electron chi connectivity index (χ1n) is 19.8. The first-order valence-corrected chi connectivity index (χ1v) is 19.8. The Bertz CT molecular complexity index is 2190. The standard InChI is InChI=1S/C45H45N3O15/c1-27(49)55-25-33-36(56-24-29-16-8-4-9-17-29)38(58-28(2)50)35(47-48-46)44(59-33)57-26-34-37(61-41(51)30-18-10-5-11-19-30)39(62-42(52)31-20-12-6-13-21-31)40(45(54-3)60-34)63-43(53)32-22-14-7-15-23-32/h4-23,33-40,44-45H,24-26H2,1-3H3/t33-,34-,35-,36-,37-,38-,39+,40+,44+,45+/m1/s1. The van der Waals surface area contributed by atoms with Gasteiger partial charge in [-0.3, -0.25) is 9.59 Å². The summed E-state index contributed by atoms with van der Waals surface area (Å²) in [4.78, 5) is 68.8. The Balaban J connectivity index is 1.36. The second-order valence-corrected chi connectivity index (χ2v) is 14.2. The molecule has 0 bridgehead atoms. The maximum Gasteiger partial charge on any atom is 0.338 e. The Morgan fingerprint density at radius 3 is 1.52 bits per heavy atom. The quantitative estimate of drug-likeness (QED) is 0.0418. The molecule has 6 rings (SSSR count). The predicted octanol–water partition coefficient (Wildman–Crippen LogP) is 5.54. The van der Waals surface area contributed by atoms with Gasteiger partial charge in [-0.1, -0.05) is 90.0 Å². The SMILES string of the molecule is CO[C@H]1O[C@H](CO[C@H]2O[C@H](COC(C)=O)[C@@H](OCc3ccccc3)[C@H](OC(C)=O)[C@H]2N=[N+]=[N-])[C@@H](OC(=O)c2ccccc2)[C@H](OC(=O)c2ccccc2)[C@@H]1OC(=O)c1ccccc1. The molecule has 0 amide bonds. The van der Waals surface area contributed by atoms with Crippen molar-refractivity contribution in [3.8, 4) is 0 Å². The van der Waals surface area contributed by atoms with Gasteiger partial charge >= 0.3 is 29.8 Å². The first kappa shape index (κ1) is 45.9. The smallest absolute Gasteiger partial charge is 0.338 e. The molecule has 0 N–H and O–H groups in total. The molecule has 18 heteroatoms. The van der Waals surface area contributed by atoms with E-state index in [9.17, 15) is 29.5 Å². The second-order valence-electron chi connectivity index (χ2n) is 14.2. The van der Waals surface area contributed by atoms with E-state index in [0.717, 1.165) is 12.5 Å². The molecule has 2 heterocycles. The van der Waals surface area contributed by atoms with Crippen LogP contribution in [0.15, 0.2) is 126 Å².